The maximum atomic E-state index is 11.0. The van der Waals surface area contributed by atoms with E-state index in [1.165, 1.54) is 18.4 Å². The summed E-state index contributed by atoms with van der Waals surface area (Å²) in [5, 5.41) is 9.07. The number of aliphatic carboxylic acids is 1. The summed E-state index contributed by atoms with van der Waals surface area (Å²) in [4.78, 5) is 11.0. The van der Waals surface area contributed by atoms with Gasteiger partial charge in [-0.2, -0.15) is 0 Å². The van der Waals surface area contributed by atoms with Crippen LogP contribution in [0.2, 0.25) is 0 Å². The van der Waals surface area contributed by atoms with E-state index in [1.807, 2.05) is 0 Å². The lowest BCUT2D eigenvalue weighted by molar-refractivity contribution is -0.133. The Morgan fingerprint density at radius 3 is 2.65 bits per heavy atom. The van der Waals surface area contributed by atoms with E-state index >= 15 is 0 Å². The van der Waals surface area contributed by atoms with Crippen LogP contribution in [0.3, 0.4) is 0 Å². The summed E-state index contributed by atoms with van der Waals surface area (Å²) >= 11 is 0. The first-order valence-electron chi connectivity index (χ1n) is 6.64. The van der Waals surface area contributed by atoms with Gasteiger partial charge in [0.15, 0.2) is 0 Å². The SMILES string of the molecule is C=C(C(=O)O)C1C=C2C(C)CCC2C(C)CC1. The largest absolute Gasteiger partial charge is 0.478 e. The average Bonchev–Trinajstić information content (AvgIpc) is 2.55. The zero-order valence-corrected chi connectivity index (χ0v) is 10.8. The molecule has 2 rings (SSSR count). The van der Waals surface area contributed by atoms with Gasteiger partial charge < -0.3 is 5.11 Å². The predicted molar refractivity (Wildman–Crippen MR) is 68.6 cm³/mol. The van der Waals surface area contributed by atoms with Crippen molar-refractivity contribution in [2.45, 2.75) is 39.5 Å². The van der Waals surface area contributed by atoms with Gasteiger partial charge in [0.25, 0.3) is 0 Å². The van der Waals surface area contributed by atoms with E-state index in [9.17, 15) is 4.79 Å². The summed E-state index contributed by atoms with van der Waals surface area (Å²) in [5.74, 6) is 1.22. The highest BCUT2D eigenvalue weighted by Crippen LogP contribution is 2.45. The molecular weight excluding hydrogens is 212 g/mol. The van der Waals surface area contributed by atoms with Crippen molar-refractivity contribution in [3.8, 4) is 0 Å². The molecule has 0 aromatic heterocycles. The summed E-state index contributed by atoms with van der Waals surface area (Å²) in [6.07, 6.45) is 6.82. The molecule has 2 aliphatic carbocycles. The number of hydrogen-bond acceptors (Lipinski definition) is 1. The van der Waals surface area contributed by atoms with Crippen LogP contribution in [0.1, 0.15) is 39.5 Å². The maximum Gasteiger partial charge on any atom is 0.331 e. The van der Waals surface area contributed by atoms with E-state index in [0.717, 1.165) is 12.8 Å². The number of allylic oxidation sites excluding steroid dienone is 2. The number of rotatable bonds is 2. The van der Waals surface area contributed by atoms with Gasteiger partial charge in [0, 0.05) is 11.5 Å². The van der Waals surface area contributed by atoms with Crippen LogP contribution in [-0.4, -0.2) is 11.1 Å². The number of carbonyl (C=O) groups is 1. The van der Waals surface area contributed by atoms with Gasteiger partial charge in [-0.3, -0.25) is 0 Å². The van der Waals surface area contributed by atoms with E-state index in [2.05, 4.69) is 26.5 Å². The first-order valence-corrected chi connectivity index (χ1v) is 6.64. The molecule has 1 saturated carbocycles. The molecule has 0 aromatic carbocycles. The zero-order valence-electron chi connectivity index (χ0n) is 10.8. The molecule has 4 atom stereocenters. The molecule has 0 amide bonds. The molecule has 0 radical (unpaired) electrons. The van der Waals surface area contributed by atoms with Crippen LogP contribution in [0.15, 0.2) is 23.8 Å². The Hall–Kier alpha value is -1.05. The van der Waals surface area contributed by atoms with Crippen LogP contribution in [0.5, 0.6) is 0 Å². The predicted octanol–water partition coefficient (Wildman–Crippen LogP) is 3.65. The van der Waals surface area contributed by atoms with Crippen molar-refractivity contribution in [1.29, 1.82) is 0 Å². The highest BCUT2D eigenvalue weighted by atomic mass is 16.4. The molecule has 4 unspecified atom stereocenters. The molecule has 2 aliphatic rings. The summed E-state index contributed by atoms with van der Waals surface area (Å²) < 4.78 is 0. The van der Waals surface area contributed by atoms with Gasteiger partial charge in [-0.05, 0) is 43.4 Å². The van der Waals surface area contributed by atoms with Crippen LogP contribution < -0.4 is 0 Å². The van der Waals surface area contributed by atoms with Gasteiger partial charge >= 0.3 is 5.97 Å². The molecule has 94 valence electrons. The summed E-state index contributed by atoms with van der Waals surface area (Å²) in [6.45, 7) is 8.32. The minimum Gasteiger partial charge on any atom is -0.478 e. The van der Waals surface area contributed by atoms with Crippen molar-refractivity contribution < 1.29 is 9.90 Å². The third-order valence-electron chi connectivity index (χ3n) is 4.64. The maximum absolute atomic E-state index is 11.0. The second kappa shape index (κ2) is 4.67. The topological polar surface area (TPSA) is 37.3 Å². The van der Waals surface area contributed by atoms with E-state index in [0.29, 0.717) is 23.3 Å². The lowest BCUT2D eigenvalue weighted by Gasteiger charge is -2.18. The van der Waals surface area contributed by atoms with E-state index < -0.39 is 5.97 Å². The van der Waals surface area contributed by atoms with E-state index in [-0.39, 0.29) is 5.92 Å². The van der Waals surface area contributed by atoms with Crippen LogP contribution in [-0.2, 0) is 4.79 Å². The molecule has 17 heavy (non-hydrogen) atoms. The lowest BCUT2D eigenvalue weighted by Crippen LogP contribution is -2.10. The van der Waals surface area contributed by atoms with Gasteiger partial charge in [-0.15, -0.1) is 0 Å². The molecule has 2 nitrogen and oxygen atoms in total. The quantitative estimate of drug-likeness (QED) is 0.585. The average molecular weight is 234 g/mol. The van der Waals surface area contributed by atoms with Crippen molar-refractivity contribution in [3.63, 3.8) is 0 Å². The molecule has 0 bridgehead atoms. The highest BCUT2D eigenvalue weighted by molar-refractivity contribution is 5.86. The monoisotopic (exact) mass is 234 g/mol. The fourth-order valence-electron chi connectivity index (χ4n) is 3.42. The second-order valence-electron chi connectivity index (χ2n) is 5.74. The van der Waals surface area contributed by atoms with Gasteiger partial charge in [-0.1, -0.05) is 32.1 Å². The smallest absolute Gasteiger partial charge is 0.331 e. The fourth-order valence-corrected chi connectivity index (χ4v) is 3.42. The van der Waals surface area contributed by atoms with Crippen molar-refractivity contribution in [2.24, 2.45) is 23.7 Å². The molecule has 1 N–H and O–H groups in total. The molecule has 2 heteroatoms. The Kier molecular flexibility index (Phi) is 3.41. The highest BCUT2D eigenvalue weighted by Gasteiger charge is 2.34. The van der Waals surface area contributed by atoms with E-state index in [1.54, 1.807) is 0 Å². The fraction of sp³-hybridized carbons (Fsp3) is 0.667. The first-order chi connectivity index (χ1) is 8.00. The Bertz CT molecular complexity index is 367. The van der Waals surface area contributed by atoms with Gasteiger partial charge in [-0.25, -0.2) is 4.79 Å². The molecule has 0 saturated heterocycles. The zero-order chi connectivity index (χ0) is 12.6. The van der Waals surface area contributed by atoms with Gasteiger partial charge in [0.05, 0.1) is 0 Å². The minimum absolute atomic E-state index is 0.0514. The van der Waals surface area contributed by atoms with Crippen molar-refractivity contribution in [3.05, 3.63) is 23.8 Å². The number of carboxylic acid groups (broad SMARTS) is 1. The second-order valence-corrected chi connectivity index (χ2v) is 5.74. The Morgan fingerprint density at radius 1 is 1.29 bits per heavy atom. The van der Waals surface area contributed by atoms with Crippen molar-refractivity contribution in [1.82, 2.24) is 0 Å². The molecule has 0 heterocycles. The summed E-state index contributed by atoms with van der Waals surface area (Å²) in [7, 11) is 0. The van der Waals surface area contributed by atoms with Crippen LogP contribution in [0.25, 0.3) is 0 Å². The van der Waals surface area contributed by atoms with E-state index in [4.69, 9.17) is 5.11 Å². The first kappa shape index (κ1) is 12.4. The third-order valence-corrected chi connectivity index (χ3v) is 4.64. The minimum atomic E-state index is -0.844. The lowest BCUT2D eigenvalue weighted by atomic mass is 9.87. The number of carboxylic acids is 1. The molecule has 0 spiro atoms. The summed E-state index contributed by atoms with van der Waals surface area (Å²) in [5.41, 5.74) is 1.87. The number of hydrogen-bond donors (Lipinski definition) is 1. The Morgan fingerprint density at radius 2 is 2.00 bits per heavy atom. The molecule has 0 aromatic rings. The van der Waals surface area contributed by atoms with Crippen LogP contribution in [0, 0.1) is 23.7 Å². The van der Waals surface area contributed by atoms with Crippen LogP contribution >= 0.6 is 0 Å². The van der Waals surface area contributed by atoms with Crippen LogP contribution in [0.4, 0.5) is 0 Å². The third kappa shape index (κ3) is 2.31. The standard InChI is InChI=1S/C15H22O2/c1-9-4-6-12(11(3)15(16)17)8-14-10(2)5-7-13(9)14/h8-10,12-13H,3-7H2,1-2H3,(H,16,17). The summed E-state index contributed by atoms with van der Waals surface area (Å²) in [6, 6.07) is 0. The Balaban J connectivity index is 2.27. The molecule has 0 aliphatic heterocycles. The van der Waals surface area contributed by atoms with Gasteiger partial charge in [0.2, 0.25) is 0 Å². The molecular formula is C15H22O2. The Labute approximate surface area is 103 Å². The van der Waals surface area contributed by atoms with Crippen molar-refractivity contribution >= 4 is 5.97 Å². The normalized spacial score (nSPS) is 36.9. The van der Waals surface area contributed by atoms with Crippen molar-refractivity contribution in [2.75, 3.05) is 0 Å². The van der Waals surface area contributed by atoms with Gasteiger partial charge in [0.1, 0.15) is 0 Å². The number of fused-ring (bicyclic) bond motifs is 1. The molecule has 1 fully saturated rings.